The number of thiazole rings is 1. The van der Waals surface area contributed by atoms with Gasteiger partial charge in [-0.15, -0.1) is 0 Å². The van der Waals surface area contributed by atoms with E-state index in [0.29, 0.717) is 33.1 Å². The number of amidine groups is 1. The molecule has 384 valence electrons. The normalized spacial score (nSPS) is 14.1. The number of thioether (sulfide) groups is 1. The van der Waals surface area contributed by atoms with Crippen molar-refractivity contribution in [3.05, 3.63) is 113 Å². The van der Waals surface area contributed by atoms with E-state index < -0.39 is 11.6 Å². The molecule has 2 fully saturated rings. The van der Waals surface area contributed by atoms with Gasteiger partial charge in [0.15, 0.2) is 44.3 Å². The minimum Gasteiger partial charge on any atom is -0.494 e. The van der Waals surface area contributed by atoms with Crippen LogP contribution in [0.15, 0.2) is 89.9 Å². The van der Waals surface area contributed by atoms with E-state index in [1.54, 1.807) is 0 Å². The molecule has 1 atom stereocenters. The number of hydrogen-bond donors (Lipinski definition) is 4. The second-order valence-corrected chi connectivity index (χ2v) is 19.9. The summed E-state index contributed by atoms with van der Waals surface area (Å²) in [6.07, 6.45) is 4.72. The quantitative estimate of drug-likeness (QED) is 0.0207. The Bertz CT molecular complexity index is 2540. The van der Waals surface area contributed by atoms with Gasteiger partial charge >= 0.3 is 0 Å². The number of ketones is 2. The van der Waals surface area contributed by atoms with Crippen molar-refractivity contribution in [1.82, 2.24) is 14.8 Å². The van der Waals surface area contributed by atoms with E-state index in [9.17, 15) is 18.4 Å². The Morgan fingerprint density at radius 3 is 1.72 bits per heavy atom. The molecule has 0 bridgehead atoms. The summed E-state index contributed by atoms with van der Waals surface area (Å²) in [4.78, 5) is 42.1. The molecule has 3 heterocycles. The molecule has 2 aliphatic heterocycles. The van der Waals surface area contributed by atoms with Gasteiger partial charge in [0, 0.05) is 72.1 Å². The van der Waals surface area contributed by atoms with Crippen LogP contribution in [0.3, 0.4) is 0 Å². The van der Waals surface area contributed by atoms with Gasteiger partial charge in [-0.2, -0.15) is 14.9 Å². The number of anilines is 6. The van der Waals surface area contributed by atoms with E-state index in [2.05, 4.69) is 109 Å². The van der Waals surface area contributed by atoms with Gasteiger partial charge in [-0.25, -0.2) is 13.8 Å². The number of nitrogens with two attached hydrogens (primary N) is 2. The smallest absolute Gasteiger partial charge is 0.206 e. The zero-order valence-corrected chi connectivity index (χ0v) is 46.8. The molecule has 2 saturated heterocycles. The number of benzene rings is 4. The van der Waals surface area contributed by atoms with Gasteiger partial charge in [0.05, 0.1) is 19.5 Å². The minimum absolute atomic E-state index is 0. The molecule has 71 heavy (non-hydrogen) atoms. The van der Waals surface area contributed by atoms with Gasteiger partial charge in [0.1, 0.15) is 10.7 Å². The van der Waals surface area contributed by atoms with Crippen LogP contribution in [0, 0.1) is 11.6 Å². The van der Waals surface area contributed by atoms with E-state index in [-0.39, 0.29) is 54.6 Å². The number of Topliss-reactive ketones (excluding diaryl/α,β-unsaturated/α-hetero) is 1. The van der Waals surface area contributed by atoms with Crippen molar-refractivity contribution in [1.29, 1.82) is 0 Å². The Kier molecular flexibility index (Phi) is 23.9. The number of nitrogens with one attached hydrogen (secondary N) is 2. The van der Waals surface area contributed by atoms with Crippen LogP contribution < -0.4 is 41.4 Å². The summed E-state index contributed by atoms with van der Waals surface area (Å²) in [5, 5.41) is 7.91. The molecule has 2 aliphatic rings. The molecule has 0 spiro atoms. The van der Waals surface area contributed by atoms with Crippen molar-refractivity contribution in [3.8, 4) is 11.5 Å². The van der Waals surface area contributed by atoms with Crippen LogP contribution in [0.5, 0.6) is 11.5 Å². The molecule has 0 aliphatic carbocycles. The first-order valence-corrected chi connectivity index (χ1v) is 26.0. The van der Waals surface area contributed by atoms with Crippen LogP contribution in [0.25, 0.3) is 0 Å². The average Bonchev–Trinajstić information content (AvgIpc) is 3.73. The van der Waals surface area contributed by atoms with Crippen molar-refractivity contribution >= 4 is 117 Å². The largest absolute Gasteiger partial charge is 0.494 e. The predicted molar refractivity (Wildman–Crippen MR) is 305 cm³/mol. The molecule has 0 saturated carbocycles. The molecule has 0 radical (unpaired) electrons. The van der Waals surface area contributed by atoms with E-state index in [1.165, 1.54) is 80.5 Å². The zero-order chi connectivity index (χ0) is 50.9. The number of halogens is 3. The summed E-state index contributed by atoms with van der Waals surface area (Å²) in [7, 11) is 11.4. The van der Waals surface area contributed by atoms with Crippen LogP contribution in [0.1, 0.15) is 58.2 Å². The summed E-state index contributed by atoms with van der Waals surface area (Å²) < 4.78 is 36.7. The third-order valence-corrected chi connectivity index (χ3v) is 14.1. The second kappa shape index (κ2) is 28.9. The Morgan fingerprint density at radius 2 is 1.28 bits per heavy atom. The predicted octanol–water partition coefficient (Wildman–Crippen LogP) is 9.83. The molecule has 4 aromatic carbocycles. The standard InChI is InChI=1S/C24H28FN5O2S.C17H27N5S2.C9H8BrFO2.H3P/c1-29(2)17-10-12-30(13-11-17)18-7-5-16(6-8-18)27-24-28-23(26)22(33-24)21(31)15-4-9-20(32-3)19(25)14-15;1-4-24-16(18)20-17(23)19-13-5-7-15(8-6-13)22-11-9-14(10-12-22)21(2)3;1-13-9-3-2-6(4-7(9)11)8(12)5-10;/h4-9,14,17H,10-13,26H2,1-3H3,(H,27,28);5-8,14H,4,9-12H2,1-3H3,(H3,18,19,20,23);2-4H,5H2,1H3;1H3. The third-order valence-electron chi connectivity index (χ3n) is 11.7. The maximum atomic E-state index is 14.0. The zero-order valence-electron chi connectivity index (χ0n) is 41.3. The number of methoxy groups -OCH3 is 2. The summed E-state index contributed by atoms with van der Waals surface area (Å²) in [5.41, 5.74) is 16.5. The summed E-state index contributed by atoms with van der Waals surface area (Å²) >= 11 is 10.8. The van der Waals surface area contributed by atoms with E-state index in [4.69, 9.17) is 33.2 Å². The van der Waals surface area contributed by atoms with Gasteiger partial charge in [0.25, 0.3) is 0 Å². The molecule has 5 aromatic rings. The van der Waals surface area contributed by atoms with Gasteiger partial charge in [-0.05, 0) is 157 Å². The fourth-order valence-electron chi connectivity index (χ4n) is 7.75. The molecular formula is C50H66BrF2N10O4PS3. The number of nitrogens with zero attached hydrogens (tertiary/aromatic N) is 6. The molecule has 1 aromatic heterocycles. The topological polar surface area (TPSA) is 167 Å². The average molecular weight is 1120 g/mol. The highest BCUT2D eigenvalue weighted by molar-refractivity contribution is 9.09. The number of hydrogen-bond acceptors (Lipinski definition) is 14. The number of piperidine rings is 2. The number of thiocarbonyl (C=S) groups is 1. The molecule has 6 N–H and O–H groups in total. The summed E-state index contributed by atoms with van der Waals surface area (Å²) in [5.74, 6) is -0.424. The van der Waals surface area contributed by atoms with Crippen molar-refractivity contribution in [2.45, 2.75) is 44.7 Å². The molecule has 14 nitrogen and oxygen atoms in total. The number of carbonyl (C=O) groups is 2. The van der Waals surface area contributed by atoms with Crippen LogP contribution >= 0.6 is 61.1 Å². The Hall–Kier alpha value is -4.95. The number of ether oxygens (including phenoxy) is 2. The third kappa shape index (κ3) is 17.4. The van der Waals surface area contributed by atoms with Gasteiger partial charge in [-0.3, -0.25) is 9.59 Å². The van der Waals surface area contributed by atoms with E-state index in [1.807, 2.05) is 31.2 Å². The minimum atomic E-state index is -0.601. The number of carbonyl (C=O) groups excluding carboxylic acids is 2. The summed E-state index contributed by atoms with van der Waals surface area (Å²) in [6, 6.07) is 26.1. The lowest BCUT2D eigenvalue weighted by Gasteiger charge is -2.36. The highest BCUT2D eigenvalue weighted by atomic mass is 79.9. The SMILES string of the molecule is CCSC(N)=NC(=S)Nc1ccc(N2CCC(N(C)C)CC2)cc1.COc1ccc(C(=O)CBr)cc1F.COc1ccc(C(=O)c2sc(Nc3ccc(N4CCC(N(C)C)CC4)cc3)nc2N)cc1F.P. The highest BCUT2D eigenvalue weighted by Crippen LogP contribution is 2.32. The molecule has 1 unspecified atom stereocenters. The molecule has 21 heteroatoms. The fraction of sp³-hybridized carbons (Fsp3) is 0.380. The van der Waals surface area contributed by atoms with Gasteiger partial charge in [-0.1, -0.05) is 46.0 Å². The first kappa shape index (κ1) is 58.6. The lowest BCUT2D eigenvalue weighted by molar-refractivity contribution is 0.102. The Labute approximate surface area is 442 Å². The number of aromatic nitrogens is 1. The van der Waals surface area contributed by atoms with Crippen molar-refractivity contribution < 1.29 is 27.8 Å². The molecule has 0 amide bonds. The maximum Gasteiger partial charge on any atom is 0.206 e. The Balaban J connectivity index is 0.000000252. The van der Waals surface area contributed by atoms with E-state index >= 15 is 0 Å². The second-order valence-electron chi connectivity index (χ2n) is 16.7. The monoisotopic (exact) mass is 1110 g/mol. The number of aliphatic imine (C=N–C) groups is 1. The van der Waals surface area contributed by atoms with E-state index in [0.717, 1.165) is 73.6 Å². The lowest BCUT2D eigenvalue weighted by Crippen LogP contribution is -2.41. The Morgan fingerprint density at radius 1 is 0.817 bits per heavy atom. The van der Waals surface area contributed by atoms with Crippen LogP contribution in [0.2, 0.25) is 0 Å². The fourth-order valence-corrected chi connectivity index (χ4v) is 9.67. The first-order valence-electron chi connectivity index (χ1n) is 22.7. The number of rotatable bonds is 14. The first-order chi connectivity index (χ1) is 33.5. The van der Waals surface area contributed by atoms with Crippen LogP contribution in [-0.4, -0.2) is 128 Å². The molecular weight excluding hydrogens is 1050 g/mol. The van der Waals surface area contributed by atoms with Crippen molar-refractivity contribution in [2.24, 2.45) is 10.7 Å². The van der Waals surface area contributed by atoms with Gasteiger partial charge < -0.3 is 51.2 Å². The molecule has 7 rings (SSSR count). The number of alkyl halides is 1. The van der Waals surface area contributed by atoms with Gasteiger partial charge in [0.2, 0.25) is 5.78 Å². The lowest BCUT2D eigenvalue weighted by atomic mass is 10.0. The summed E-state index contributed by atoms with van der Waals surface area (Å²) in [6.45, 7) is 6.31. The van der Waals surface area contributed by atoms with Crippen LogP contribution in [-0.2, 0) is 0 Å². The highest BCUT2D eigenvalue weighted by Gasteiger charge is 2.23. The van der Waals surface area contributed by atoms with Crippen LogP contribution in [0.4, 0.5) is 42.5 Å². The van der Waals surface area contributed by atoms with Crippen molar-refractivity contribution in [3.63, 3.8) is 0 Å². The maximum absolute atomic E-state index is 14.0. The number of nitrogen functional groups attached to an aromatic ring is 1. The van der Waals surface area contributed by atoms with Crippen molar-refractivity contribution in [2.75, 3.05) is 106 Å².